The van der Waals surface area contributed by atoms with Gasteiger partial charge in [0.25, 0.3) is 0 Å². The molecule has 0 spiro atoms. The highest BCUT2D eigenvalue weighted by molar-refractivity contribution is 5.96. The predicted molar refractivity (Wildman–Crippen MR) is 158 cm³/mol. The third kappa shape index (κ3) is 6.45. The van der Waals surface area contributed by atoms with E-state index in [0.29, 0.717) is 47.9 Å². The zero-order valence-corrected chi connectivity index (χ0v) is 25.0. The van der Waals surface area contributed by atoms with E-state index in [0.717, 1.165) is 56.4 Å². The molecular weight excluding hydrogens is 523 g/mol. The molecule has 9 heteroatoms. The number of carbonyl (C=O) groups is 2. The molecule has 0 aromatic heterocycles. The fourth-order valence-electron chi connectivity index (χ4n) is 6.45. The second-order valence-corrected chi connectivity index (χ2v) is 12.1. The summed E-state index contributed by atoms with van der Waals surface area (Å²) in [5.41, 5.74) is 2.98. The van der Waals surface area contributed by atoms with Crippen LogP contribution in [-0.2, 0) is 22.6 Å². The van der Waals surface area contributed by atoms with Gasteiger partial charge < -0.3 is 24.2 Å². The number of methoxy groups -OCH3 is 1. The van der Waals surface area contributed by atoms with Crippen molar-refractivity contribution in [1.29, 1.82) is 0 Å². The minimum Gasteiger partial charge on any atom is -0.493 e. The van der Waals surface area contributed by atoms with Crippen molar-refractivity contribution in [2.75, 3.05) is 57.2 Å². The van der Waals surface area contributed by atoms with Gasteiger partial charge in [0, 0.05) is 45.5 Å². The lowest BCUT2D eigenvalue weighted by Crippen LogP contribution is -2.53. The maximum atomic E-state index is 15.5. The number of benzene rings is 2. The first kappa shape index (κ1) is 29.2. The van der Waals surface area contributed by atoms with Crippen LogP contribution in [0.2, 0.25) is 0 Å². The topological polar surface area (TPSA) is 65.6 Å². The van der Waals surface area contributed by atoms with Crippen molar-refractivity contribution >= 4 is 23.2 Å². The van der Waals surface area contributed by atoms with Crippen LogP contribution in [0.1, 0.15) is 50.7 Å². The van der Waals surface area contributed by atoms with E-state index in [1.54, 1.807) is 18.1 Å². The first-order chi connectivity index (χ1) is 19.6. The number of anilines is 2. The van der Waals surface area contributed by atoms with Gasteiger partial charge in [0.2, 0.25) is 11.8 Å². The first-order valence-electron chi connectivity index (χ1n) is 14.8. The van der Waals surface area contributed by atoms with Crippen molar-refractivity contribution in [2.24, 2.45) is 5.92 Å². The van der Waals surface area contributed by atoms with Crippen LogP contribution in [0, 0.1) is 11.7 Å². The van der Waals surface area contributed by atoms with Crippen molar-refractivity contribution in [3.8, 4) is 11.5 Å². The summed E-state index contributed by atoms with van der Waals surface area (Å²) < 4.78 is 26.9. The molecule has 0 N–H and O–H groups in total. The lowest BCUT2D eigenvalue weighted by molar-refractivity contribution is -0.135. The Hall–Kier alpha value is -3.33. The van der Waals surface area contributed by atoms with Crippen LogP contribution in [0.5, 0.6) is 11.5 Å². The molecule has 2 aromatic rings. The van der Waals surface area contributed by atoms with Crippen LogP contribution < -0.4 is 19.3 Å². The molecule has 8 nitrogen and oxygen atoms in total. The normalized spacial score (nSPS) is 21.7. The largest absolute Gasteiger partial charge is 0.493 e. The number of carbonyl (C=O) groups excluding carboxylic acids is 2. The molecule has 222 valence electrons. The van der Waals surface area contributed by atoms with Crippen molar-refractivity contribution in [2.45, 2.75) is 64.6 Å². The SMILES string of the molecule is COc1cc2c(cc1OC(C)C)CN(c1ccc(N(C)CC3CCC(N4CCN(C)C(=O)C4)CC3)c(F)c1)C(=O)C2. The van der Waals surface area contributed by atoms with Gasteiger partial charge in [-0.2, -0.15) is 0 Å². The fraction of sp³-hybridized carbons (Fsp3) is 0.562. The molecule has 2 aromatic carbocycles. The van der Waals surface area contributed by atoms with E-state index in [9.17, 15) is 9.59 Å². The monoisotopic (exact) mass is 566 g/mol. The van der Waals surface area contributed by atoms with E-state index in [-0.39, 0.29) is 30.2 Å². The Kier molecular flexibility index (Phi) is 8.73. The number of piperazine rings is 1. The standard InChI is InChI=1S/C32H43FN4O4/c1-21(2)41-30-15-24-19-37(31(38)16-23(24)14-29(30)40-5)26-10-11-28(27(33)17-26)35(4)18-22-6-8-25(9-7-22)36-13-12-34(3)32(39)20-36/h10-11,14-15,17,21-22,25H,6-9,12-13,16,18-20H2,1-5H3. The van der Waals surface area contributed by atoms with Crippen molar-refractivity contribution in [1.82, 2.24) is 9.80 Å². The molecule has 1 aliphatic carbocycles. The minimum atomic E-state index is -0.327. The molecule has 0 atom stereocenters. The summed E-state index contributed by atoms with van der Waals surface area (Å²) in [5, 5.41) is 0. The van der Waals surface area contributed by atoms with E-state index >= 15 is 4.39 Å². The van der Waals surface area contributed by atoms with Crippen LogP contribution >= 0.6 is 0 Å². The quantitative estimate of drug-likeness (QED) is 0.470. The van der Waals surface area contributed by atoms with Gasteiger partial charge in [0.15, 0.2) is 11.5 Å². The van der Waals surface area contributed by atoms with E-state index in [2.05, 4.69) is 4.90 Å². The number of amides is 2. The summed E-state index contributed by atoms with van der Waals surface area (Å²) in [4.78, 5) is 33.0. The number of nitrogens with zero attached hydrogens (tertiary/aromatic N) is 4. The molecule has 0 unspecified atom stereocenters. The molecule has 0 bridgehead atoms. The number of rotatable bonds is 8. The summed E-state index contributed by atoms with van der Waals surface area (Å²) >= 11 is 0. The van der Waals surface area contributed by atoms with Crippen LogP contribution in [0.25, 0.3) is 0 Å². The predicted octanol–water partition coefficient (Wildman–Crippen LogP) is 4.48. The van der Waals surface area contributed by atoms with Crippen molar-refractivity contribution in [3.05, 3.63) is 47.3 Å². The van der Waals surface area contributed by atoms with Crippen LogP contribution in [0.15, 0.2) is 30.3 Å². The lowest BCUT2D eigenvalue weighted by Gasteiger charge is -2.41. The molecule has 2 amide bonds. The zero-order chi connectivity index (χ0) is 29.3. The number of likely N-dealkylation sites (N-methyl/N-ethyl adjacent to an activating group) is 1. The van der Waals surface area contributed by atoms with E-state index in [1.165, 1.54) is 6.07 Å². The van der Waals surface area contributed by atoms with Crippen LogP contribution in [-0.4, -0.2) is 81.1 Å². The first-order valence-corrected chi connectivity index (χ1v) is 14.8. The molecule has 2 aliphatic heterocycles. The molecule has 2 heterocycles. The molecule has 3 aliphatic rings. The average Bonchev–Trinajstić information content (AvgIpc) is 2.94. The van der Waals surface area contributed by atoms with Crippen molar-refractivity contribution in [3.63, 3.8) is 0 Å². The van der Waals surface area contributed by atoms with Gasteiger partial charge in [0.05, 0.1) is 38.4 Å². The Morgan fingerprint density at radius 2 is 1.71 bits per heavy atom. The summed E-state index contributed by atoms with van der Waals surface area (Å²) in [6.45, 7) is 7.31. The van der Waals surface area contributed by atoms with E-state index < -0.39 is 0 Å². The highest BCUT2D eigenvalue weighted by Crippen LogP contribution is 2.37. The lowest BCUT2D eigenvalue weighted by atomic mass is 9.84. The Balaban J connectivity index is 1.21. The summed E-state index contributed by atoms with van der Waals surface area (Å²) in [5.74, 6) is 1.54. The maximum absolute atomic E-state index is 15.5. The second kappa shape index (κ2) is 12.3. The molecule has 0 radical (unpaired) electrons. The number of hydrogen-bond acceptors (Lipinski definition) is 6. The molecule has 5 rings (SSSR count). The number of ether oxygens (including phenoxy) is 2. The average molecular weight is 567 g/mol. The third-order valence-corrected chi connectivity index (χ3v) is 8.83. The number of hydrogen-bond donors (Lipinski definition) is 0. The van der Waals surface area contributed by atoms with Gasteiger partial charge in [0.1, 0.15) is 5.82 Å². The van der Waals surface area contributed by atoms with Crippen LogP contribution in [0.3, 0.4) is 0 Å². The molecule has 2 fully saturated rings. The van der Waals surface area contributed by atoms with Crippen LogP contribution in [0.4, 0.5) is 15.8 Å². The summed E-state index contributed by atoms with van der Waals surface area (Å²) in [6.07, 6.45) is 4.51. The Morgan fingerprint density at radius 3 is 2.37 bits per heavy atom. The fourth-order valence-corrected chi connectivity index (χ4v) is 6.45. The van der Waals surface area contributed by atoms with Gasteiger partial charge in [-0.3, -0.25) is 14.5 Å². The second-order valence-electron chi connectivity index (χ2n) is 12.1. The van der Waals surface area contributed by atoms with Crippen molar-refractivity contribution < 1.29 is 23.5 Å². The van der Waals surface area contributed by atoms with E-state index in [4.69, 9.17) is 9.47 Å². The minimum absolute atomic E-state index is 0.0143. The van der Waals surface area contributed by atoms with Gasteiger partial charge in [-0.1, -0.05) is 0 Å². The number of fused-ring (bicyclic) bond motifs is 1. The van der Waals surface area contributed by atoms with Gasteiger partial charge >= 0.3 is 0 Å². The Labute approximate surface area is 243 Å². The number of halogens is 1. The summed E-state index contributed by atoms with van der Waals surface area (Å²) in [6, 6.07) is 9.38. The maximum Gasteiger partial charge on any atom is 0.236 e. The highest BCUT2D eigenvalue weighted by Gasteiger charge is 2.31. The summed E-state index contributed by atoms with van der Waals surface area (Å²) in [7, 11) is 5.41. The molecular formula is C32H43FN4O4. The molecule has 41 heavy (non-hydrogen) atoms. The van der Waals surface area contributed by atoms with Gasteiger partial charge in [-0.25, -0.2) is 4.39 Å². The Morgan fingerprint density at radius 1 is 0.976 bits per heavy atom. The third-order valence-electron chi connectivity index (χ3n) is 8.83. The highest BCUT2D eigenvalue weighted by atomic mass is 19.1. The molecule has 1 saturated carbocycles. The van der Waals surface area contributed by atoms with E-state index in [1.807, 2.05) is 55.9 Å². The smallest absolute Gasteiger partial charge is 0.236 e. The zero-order valence-electron chi connectivity index (χ0n) is 25.0. The van der Waals surface area contributed by atoms with Gasteiger partial charge in [-0.15, -0.1) is 0 Å². The Bertz CT molecular complexity index is 1280. The van der Waals surface area contributed by atoms with Gasteiger partial charge in [-0.05, 0) is 86.9 Å². The molecule has 1 saturated heterocycles.